The molecule has 328 valence electrons. The van der Waals surface area contributed by atoms with Crippen molar-refractivity contribution in [3.05, 3.63) is 121 Å². The van der Waals surface area contributed by atoms with Crippen LogP contribution in [0.15, 0.2) is 65.7 Å². The van der Waals surface area contributed by atoms with Crippen LogP contribution in [0.5, 0.6) is 5.88 Å². The number of pyridine rings is 2. The van der Waals surface area contributed by atoms with Gasteiger partial charge < -0.3 is 23.7 Å². The van der Waals surface area contributed by atoms with Crippen molar-refractivity contribution < 1.29 is 37.9 Å². The number of piperidine rings is 1. The summed E-state index contributed by atoms with van der Waals surface area (Å²) in [5.74, 6) is -4.11. The van der Waals surface area contributed by atoms with E-state index in [-0.39, 0.29) is 95.6 Å². The van der Waals surface area contributed by atoms with E-state index < -0.39 is 53.0 Å². The number of hydrogen-bond donors (Lipinski definition) is 1. The van der Waals surface area contributed by atoms with Crippen molar-refractivity contribution in [2.24, 2.45) is 7.05 Å². The molecule has 20 heteroatoms. The number of benzene rings is 2. The van der Waals surface area contributed by atoms with Crippen LogP contribution in [-0.4, -0.2) is 104 Å². The predicted octanol–water partition coefficient (Wildman–Crippen LogP) is 4.79. The van der Waals surface area contributed by atoms with E-state index in [2.05, 4.69) is 10.3 Å². The normalized spacial score (nSPS) is 18.6. The standard InChI is InChI=1S/C44H38Cl2FN9O8/c1-21(2)54-36-34(44(63)55(32-16-25(46)20-51(3)43(32)62)35(36)22-5-7-24(45)8-6-22)50-37(54)28-15-23(19-48-39(28)64-4)40(59)53-13-11-52(12-14-53)31-18-27-26(17-29(31)47)41(60)56(42(27)61)30-9-10-33(57)49-38(30)58/h5-8,15-21,30,35H,9-14H2,1-4H3,(H,49,57,58)/t30?,35-/m0/s1. The number of imidazole rings is 1. The molecule has 17 nitrogen and oxygen atoms in total. The number of nitrogens with zero attached hydrogens (tertiary/aromatic N) is 8. The Morgan fingerprint density at radius 2 is 1.55 bits per heavy atom. The highest BCUT2D eigenvalue weighted by Crippen LogP contribution is 2.45. The predicted molar refractivity (Wildman–Crippen MR) is 230 cm³/mol. The first-order valence-corrected chi connectivity index (χ1v) is 21.0. The fourth-order valence-electron chi connectivity index (χ4n) is 8.90. The zero-order chi connectivity index (χ0) is 45.5. The van der Waals surface area contributed by atoms with Crippen LogP contribution in [-0.2, 0) is 16.6 Å². The Morgan fingerprint density at radius 3 is 2.20 bits per heavy atom. The number of piperazine rings is 1. The van der Waals surface area contributed by atoms with E-state index >= 15 is 4.39 Å². The van der Waals surface area contributed by atoms with Crippen molar-refractivity contribution in [3.63, 3.8) is 0 Å². The van der Waals surface area contributed by atoms with E-state index in [4.69, 9.17) is 32.9 Å². The van der Waals surface area contributed by atoms with Crippen molar-refractivity contribution in [1.29, 1.82) is 0 Å². The summed E-state index contributed by atoms with van der Waals surface area (Å²) in [7, 11) is 2.97. The third-order valence-corrected chi connectivity index (χ3v) is 12.4. The number of amides is 6. The van der Waals surface area contributed by atoms with Gasteiger partial charge in [0.15, 0.2) is 5.69 Å². The lowest BCUT2D eigenvalue weighted by Crippen LogP contribution is -2.54. The van der Waals surface area contributed by atoms with E-state index in [0.29, 0.717) is 27.7 Å². The number of hydrogen-bond acceptors (Lipinski definition) is 11. The minimum atomic E-state index is -1.19. The number of carbonyl (C=O) groups excluding carboxylic acids is 6. The summed E-state index contributed by atoms with van der Waals surface area (Å²) < 4.78 is 24.5. The topological polar surface area (TPSA) is 189 Å². The molecule has 1 unspecified atom stereocenters. The molecule has 0 radical (unpaired) electrons. The highest BCUT2D eigenvalue weighted by atomic mass is 35.5. The molecule has 7 heterocycles. The highest BCUT2D eigenvalue weighted by Gasteiger charge is 2.47. The number of imide groups is 2. The molecule has 0 bridgehead atoms. The number of nitrogens with one attached hydrogen (secondary N) is 1. The minimum absolute atomic E-state index is 0.0346. The number of rotatable bonds is 8. The van der Waals surface area contributed by atoms with Gasteiger partial charge >= 0.3 is 0 Å². The number of methoxy groups -OCH3 is 1. The van der Waals surface area contributed by atoms with Crippen LogP contribution in [0.25, 0.3) is 11.4 Å². The van der Waals surface area contributed by atoms with Crippen molar-refractivity contribution in [1.82, 2.24) is 34.2 Å². The monoisotopic (exact) mass is 909 g/mol. The zero-order valence-electron chi connectivity index (χ0n) is 34.7. The summed E-state index contributed by atoms with van der Waals surface area (Å²) in [4.78, 5) is 108. The number of halogens is 3. The highest BCUT2D eigenvalue weighted by molar-refractivity contribution is 6.31. The van der Waals surface area contributed by atoms with Gasteiger partial charge in [-0.25, -0.2) is 14.4 Å². The van der Waals surface area contributed by atoms with E-state index in [0.717, 1.165) is 11.0 Å². The molecule has 2 saturated heterocycles. The lowest BCUT2D eigenvalue weighted by atomic mass is 10.0. The maximum Gasteiger partial charge on any atom is 0.279 e. The largest absolute Gasteiger partial charge is 0.480 e. The Hall–Kier alpha value is -6.92. The molecule has 2 fully saturated rings. The number of aromatic nitrogens is 4. The van der Waals surface area contributed by atoms with Crippen LogP contribution in [0.3, 0.4) is 0 Å². The Balaban J connectivity index is 1.00. The third kappa shape index (κ3) is 6.87. The fourth-order valence-corrected chi connectivity index (χ4v) is 9.28. The average molecular weight is 911 g/mol. The molecule has 2 aromatic carbocycles. The van der Waals surface area contributed by atoms with Crippen LogP contribution in [0, 0.1) is 5.82 Å². The first kappa shape index (κ1) is 42.4. The van der Waals surface area contributed by atoms with Gasteiger partial charge in [0.25, 0.3) is 29.2 Å². The first-order chi connectivity index (χ1) is 30.6. The van der Waals surface area contributed by atoms with E-state index in [1.165, 1.54) is 41.1 Å². The Labute approximate surface area is 373 Å². The van der Waals surface area contributed by atoms with Crippen LogP contribution in [0.2, 0.25) is 10.0 Å². The van der Waals surface area contributed by atoms with Crippen LogP contribution >= 0.6 is 23.2 Å². The molecule has 2 atom stereocenters. The Morgan fingerprint density at radius 1 is 0.859 bits per heavy atom. The molecule has 9 rings (SSSR count). The molecule has 0 aliphatic carbocycles. The van der Waals surface area contributed by atoms with Gasteiger partial charge in [0, 0.05) is 63.1 Å². The summed E-state index contributed by atoms with van der Waals surface area (Å²) in [5, 5.41) is 2.87. The number of fused-ring (bicyclic) bond motifs is 2. The number of ether oxygens (including phenoxy) is 1. The van der Waals surface area contributed by atoms with Crippen molar-refractivity contribution in [2.75, 3.05) is 43.1 Å². The summed E-state index contributed by atoms with van der Waals surface area (Å²) in [6.07, 6.45) is 2.75. The van der Waals surface area contributed by atoms with Gasteiger partial charge in [-0.05, 0) is 62.2 Å². The molecule has 5 aromatic rings. The maximum atomic E-state index is 15.7. The molecule has 3 aromatic heterocycles. The molecule has 64 heavy (non-hydrogen) atoms. The van der Waals surface area contributed by atoms with Crippen LogP contribution in [0.1, 0.15) is 91.6 Å². The summed E-state index contributed by atoms with van der Waals surface area (Å²) in [5.41, 5.74) is 1.16. The van der Waals surface area contributed by atoms with E-state index in [1.54, 1.807) is 47.2 Å². The average Bonchev–Trinajstić information content (AvgIpc) is 3.87. The van der Waals surface area contributed by atoms with Gasteiger partial charge in [-0.1, -0.05) is 35.3 Å². The molecule has 6 amide bonds. The second-order valence-electron chi connectivity index (χ2n) is 16.1. The van der Waals surface area contributed by atoms with Crippen LogP contribution in [0.4, 0.5) is 15.8 Å². The van der Waals surface area contributed by atoms with Gasteiger partial charge in [-0.3, -0.25) is 48.7 Å². The third-order valence-electron chi connectivity index (χ3n) is 11.9. The van der Waals surface area contributed by atoms with Crippen molar-refractivity contribution in [3.8, 4) is 17.3 Å². The maximum absolute atomic E-state index is 15.7. The van der Waals surface area contributed by atoms with Gasteiger partial charge in [-0.15, -0.1) is 0 Å². The van der Waals surface area contributed by atoms with Gasteiger partial charge in [0.05, 0.1) is 45.8 Å². The second kappa shape index (κ2) is 16.0. The fraction of sp³-hybridized carbons (Fsp3) is 0.295. The summed E-state index contributed by atoms with van der Waals surface area (Å²) in [6, 6.07) is 9.89. The molecule has 4 aliphatic rings. The second-order valence-corrected chi connectivity index (χ2v) is 17.0. The molecule has 4 aliphatic heterocycles. The van der Waals surface area contributed by atoms with Crippen LogP contribution < -0.4 is 25.4 Å². The lowest BCUT2D eigenvalue weighted by Gasteiger charge is -2.36. The number of anilines is 2. The Kier molecular flexibility index (Phi) is 10.6. The quantitative estimate of drug-likeness (QED) is 0.211. The molecule has 1 N–H and O–H groups in total. The van der Waals surface area contributed by atoms with Gasteiger partial charge in [0.1, 0.15) is 29.4 Å². The minimum Gasteiger partial charge on any atom is -0.480 e. The number of aryl methyl sites for hydroxylation is 1. The molecular weight excluding hydrogens is 872 g/mol. The Bertz CT molecular complexity index is 2930. The summed E-state index contributed by atoms with van der Waals surface area (Å²) in [6.45, 7) is 4.46. The lowest BCUT2D eigenvalue weighted by molar-refractivity contribution is -0.136. The van der Waals surface area contributed by atoms with Gasteiger partial charge in [-0.2, -0.15) is 0 Å². The smallest absolute Gasteiger partial charge is 0.279 e. The van der Waals surface area contributed by atoms with Crippen molar-refractivity contribution >= 4 is 70.0 Å². The molecule has 0 saturated carbocycles. The van der Waals surface area contributed by atoms with E-state index in [9.17, 15) is 33.6 Å². The van der Waals surface area contributed by atoms with Crippen molar-refractivity contribution in [2.45, 2.75) is 44.8 Å². The zero-order valence-corrected chi connectivity index (χ0v) is 36.2. The SMILES string of the molecule is COc1ncc(C(=O)N2CCN(c3cc4c(cc3F)C(=O)N(C3CCC(=O)NC3=O)C4=O)CC2)cc1-c1nc2c(n1C(C)C)[C@H](c1ccc(Cl)cc1)N(c1cc(Cl)cn(C)c1=O)C2=O. The molecular formula is C44H38Cl2FN9O8. The molecule has 0 spiro atoms. The first-order valence-electron chi connectivity index (χ1n) is 20.3. The summed E-state index contributed by atoms with van der Waals surface area (Å²) >= 11 is 12.7. The van der Waals surface area contributed by atoms with E-state index in [1.807, 2.05) is 18.4 Å². The van der Waals surface area contributed by atoms with Gasteiger partial charge in [0.2, 0.25) is 17.7 Å². The number of carbonyl (C=O) groups is 6.